The molecule has 0 atom stereocenters. The molecule has 0 radical (unpaired) electrons. The highest BCUT2D eigenvalue weighted by Crippen LogP contribution is 2.22. The summed E-state index contributed by atoms with van der Waals surface area (Å²) in [7, 11) is -6.83. The van der Waals surface area contributed by atoms with Crippen LogP contribution in [0.4, 0.5) is 0 Å². The second-order valence-electron chi connectivity index (χ2n) is 6.40. The van der Waals surface area contributed by atoms with Gasteiger partial charge in [0.1, 0.15) is 0 Å². The van der Waals surface area contributed by atoms with Gasteiger partial charge in [0, 0.05) is 24.6 Å². The highest BCUT2D eigenvalue weighted by Gasteiger charge is 2.14. The van der Waals surface area contributed by atoms with Crippen molar-refractivity contribution in [3.8, 4) is 0 Å². The quantitative estimate of drug-likeness (QED) is 0.556. The Kier molecular flexibility index (Phi) is 5.61. The summed E-state index contributed by atoms with van der Waals surface area (Å²) in [6.07, 6.45) is 3.84. The van der Waals surface area contributed by atoms with Gasteiger partial charge in [0.2, 0.25) is 0 Å². The summed E-state index contributed by atoms with van der Waals surface area (Å²) in [6, 6.07) is 10.4. The Morgan fingerprint density at radius 3 is 2.34 bits per heavy atom. The normalized spacial score (nSPS) is 13.0. The van der Waals surface area contributed by atoms with Crippen LogP contribution in [0.3, 0.4) is 0 Å². The lowest BCUT2D eigenvalue weighted by Gasteiger charge is -2.03. The summed E-state index contributed by atoms with van der Waals surface area (Å²) in [5.74, 6) is -0.594. The first-order valence-electron chi connectivity index (χ1n) is 8.34. The van der Waals surface area contributed by atoms with Crippen LogP contribution in [0, 0.1) is 0 Å². The minimum Gasteiger partial charge on any atom is -0.312 e. The predicted octanol–water partition coefficient (Wildman–Crippen LogP) is 2.44. The van der Waals surface area contributed by atoms with E-state index in [2.05, 4.69) is 11.6 Å². The Hall–Kier alpha value is -2.56. The zero-order valence-electron chi connectivity index (χ0n) is 15.7. The maximum absolute atomic E-state index is 12.7. The lowest BCUT2D eigenvalue weighted by atomic mass is 10.2. The van der Waals surface area contributed by atoms with Crippen molar-refractivity contribution in [1.82, 2.24) is 4.57 Å². The molecule has 0 bridgehead atoms. The number of fused-ring (bicyclic) bond motifs is 1. The fraction of sp³-hybridized carbons (Fsp3) is 0.158. The van der Waals surface area contributed by atoms with Crippen LogP contribution >= 0.6 is 11.3 Å². The molecule has 10 heteroatoms. The first-order chi connectivity index (χ1) is 13.5. The summed E-state index contributed by atoms with van der Waals surface area (Å²) in [4.78, 5) is 17.4. The molecule has 0 aliphatic heterocycles. The molecule has 1 heterocycles. The third-order valence-corrected chi connectivity index (χ3v) is 7.36. The number of amides is 1. The number of allylic oxidation sites excluding steroid dienone is 1. The van der Waals surface area contributed by atoms with Crippen LogP contribution < -0.4 is 4.80 Å². The Morgan fingerprint density at radius 1 is 1.07 bits per heavy atom. The highest BCUT2D eigenvalue weighted by atomic mass is 32.2. The molecule has 0 saturated carbocycles. The smallest absolute Gasteiger partial charge is 0.279 e. The molecule has 29 heavy (non-hydrogen) atoms. The molecular formula is C19H18N2O5S3. The molecule has 0 unspecified atom stereocenters. The van der Waals surface area contributed by atoms with Gasteiger partial charge in [-0.3, -0.25) is 4.79 Å². The molecule has 0 fully saturated rings. The van der Waals surface area contributed by atoms with E-state index >= 15 is 0 Å². The van der Waals surface area contributed by atoms with E-state index in [-0.39, 0.29) is 15.4 Å². The highest BCUT2D eigenvalue weighted by molar-refractivity contribution is 7.91. The number of thiazole rings is 1. The lowest BCUT2D eigenvalue weighted by Crippen LogP contribution is -2.16. The predicted molar refractivity (Wildman–Crippen MR) is 113 cm³/mol. The summed E-state index contributed by atoms with van der Waals surface area (Å²) >= 11 is 1.17. The van der Waals surface area contributed by atoms with Crippen molar-refractivity contribution in [2.75, 3.05) is 12.5 Å². The van der Waals surface area contributed by atoms with Crippen molar-refractivity contribution in [1.29, 1.82) is 0 Å². The average molecular weight is 451 g/mol. The monoisotopic (exact) mass is 450 g/mol. The molecule has 3 aromatic rings. The van der Waals surface area contributed by atoms with E-state index in [1.54, 1.807) is 22.8 Å². The minimum absolute atomic E-state index is 0.0339. The Bertz CT molecular complexity index is 1410. The second-order valence-corrected chi connectivity index (χ2v) is 11.4. The van der Waals surface area contributed by atoms with E-state index in [4.69, 9.17) is 0 Å². The van der Waals surface area contributed by atoms with Crippen molar-refractivity contribution in [3.63, 3.8) is 0 Å². The van der Waals surface area contributed by atoms with Crippen LogP contribution in [0.25, 0.3) is 10.2 Å². The zero-order chi connectivity index (χ0) is 21.4. The lowest BCUT2D eigenvalue weighted by molar-refractivity contribution is 0.0997. The average Bonchev–Trinajstić information content (AvgIpc) is 2.97. The van der Waals surface area contributed by atoms with Gasteiger partial charge in [0.25, 0.3) is 5.91 Å². The fourth-order valence-electron chi connectivity index (χ4n) is 2.69. The molecule has 1 amide bonds. The summed E-state index contributed by atoms with van der Waals surface area (Å²) in [6.45, 7) is 4.08. The Labute approximate surface area is 172 Å². The van der Waals surface area contributed by atoms with E-state index in [1.807, 2.05) is 0 Å². The van der Waals surface area contributed by atoms with Gasteiger partial charge in [-0.2, -0.15) is 4.99 Å². The molecule has 152 valence electrons. The van der Waals surface area contributed by atoms with Gasteiger partial charge < -0.3 is 4.57 Å². The van der Waals surface area contributed by atoms with E-state index in [1.165, 1.54) is 41.7 Å². The molecule has 3 rings (SSSR count). The SMILES string of the molecule is C=CCn1c(=NC(=O)c2cccc(S(C)(=O)=O)c2)sc2cc(S(C)(=O)=O)ccc21. The molecule has 0 N–H and O–H groups in total. The Balaban J connectivity index is 2.17. The Morgan fingerprint density at radius 2 is 1.72 bits per heavy atom. The van der Waals surface area contributed by atoms with Gasteiger partial charge in [-0.25, -0.2) is 16.8 Å². The third-order valence-electron chi connectivity index (χ3n) is 4.10. The van der Waals surface area contributed by atoms with E-state index in [9.17, 15) is 21.6 Å². The number of nitrogens with zero attached hydrogens (tertiary/aromatic N) is 2. The maximum atomic E-state index is 12.7. The molecule has 2 aromatic carbocycles. The van der Waals surface area contributed by atoms with Crippen molar-refractivity contribution < 1.29 is 21.6 Å². The summed E-state index contributed by atoms with van der Waals surface area (Å²) in [5.41, 5.74) is 0.867. The number of rotatable bonds is 5. The van der Waals surface area contributed by atoms with E-state index in [0.29, 0.717) is 16.0 Å². The van der Waals surface area contributed by atoms with Gasteiger partial charge in [0.05, 0.1) is 20.0 Å². The van der Waals surface area contributed by atoms with Gasteiger partial charge in [0.15, 0.2) is 24.5 Å². The molecule has 0 spiro atoms. The number of aromatic nitrogens is 1. The minimum atomic E-state index is -3.45. The van der Waals surface area contributed by atoms with Crippen molar-refractivity contribution >= 4 is 47.1 Å². The number of hydrogen-bond donors (Lipinski definition) is 0. The number of hydrogen-bond acceptors (Lipinski definition) is 6. The number of sulfone groups is 2. The molecule has 0 aliphatic rings. The summed E-state index contributed by atoms with van der Waals surface area (Å²) < 4.78 is 49.5. The maximum Gasteiger partial charge on any atom is 0.279 e. The van der Waals surface area contributed by atoms with E-state index < -0.39 is 25.6 Å². The largest absolute Gasteiger partial charge is 0.312 e. The standard InChI is InChI=1S/C19H18N2O5S3/c1-4-10-21-16-9-8-15(29(3,25)26)12-17(16)27-19(21)20-18(22)13-6-5-7-14(11-13)28(2,23)24/h4-9,11-12H,1,10H2,2-3H3. The van der Waals surface area contributed by atoms with Crippen molar-refractivity contribution in [3.05, 3.63) is 65.5 Å². The number of carbonyl (C=O) groups excluding carboxylic acids is 1. The molecule has 7 nitrogen and oxygen atoms in total. The van der Waals surface area contributed by atoms with Gasteiger partial charge in [-0.1, -0.05) is 23.5 Å². The molecule has 0 aliphatic carbocycles. The van der Waals surface area contributed by atoms with Crippen LogP contribution in [0.1, 0.15) is 10.4 Å². The first kappa shape index (κ1) is 21.2. The van der Waals surface area contributed by atoms with Crippen LogP contribution in [0.2, 0.25) is 0 Å². The van der Waals surface area contributed by atoms with Crippen LogP contribution in [0.15, 0.2) is 69.9 Å². The third kappa shape index (κ3) is 4.55. The fourth-order valence-corrected chi connectivity index (χ4v) is 5.15. The summed E-state index contributed by atoms with van der Waals surface area (Å²) in [5, 5.41) is 0. The first-order valence-corrected chi connectivity index (χ1v) is 12.9. The van der Waals surface area contributed by atoms with Crippen LogP contribution in [-0.4, -0.2) is 39.8 Å². The van der Waals surface area contributed by atoms with Gasteiger partial charge in [-0.05, 0) is 36.4 Å². The number of carbonyl (C=O) groups is 1. The molecular weight excluding hydrogens is 432 g/mol. The van der Waals surface area contributed by atoms with Crippen LogP contribution in [-0.2, 0) is 26.2 Å². The number of benzene rings is 2. The second kappa shape index (κ2) is 7.69. The van der Waals surface area contributed by atoms with Crippen molar-refractivity contribution in [2.24, 2.45) is 4.99 Å². The van der Waals surface area contributed by atoms with E-state index in [0.717, 1.165) is 18.0 Å². The molecule has 1 aromatic heterocycles. The van der Waals surface area contributed by atoms with Gasteiger partial charge in [-0.15, -0.1) is 6.58 Å². The zero-order valence-corrected chi connectivity index (χ0v) is 18.1. The molecule has 0 saturated heterocycles. The van der Waals surface area contributed by atoms with Crippen molar-refractivity contribution in [2.45, 2.75) is 16.3 Å². The topological polar surface area (TPSA) is 103 Å². The van der Waals surface area contributed by atoms with Gasteiger partial charge >= 0.3 is 0 Å². The van der Waals surface area contributed by atoms with Crippen LogP contribution in [0.5, 0.6) is 0 Å².